The van der Waals surface area contributed by atoms with Crippen molar-refractivity contribution >= 4 is 17.6 Å². The lowest BCUT2D eigenvalue weighted by molar-refractivity contribution is -0.152. The molecule has 20 heavy (non-hydrogen) atoms. The van der Waals surface area contributed by atoms with E-state index in [2.05, 4.69) is 20.2 Å². The van der Waals surface area contributed by atoms with E-state index in [4.69, 9.17) is 4.52 Å². The standard InChI is InChI=1S/C13H13N3O4/c1-3-19-13(18)11(17)15-10-6-4-9(5-7-10)12-14-8(2)16-20-12/h4-7H,3H2,1-2H3,(H,15,17). The summed E-state index contributed by atoms with van der Waals surface area (Å²) < 4.78 is 9.61. The van der Waals surface area contributed by atoms with Crippen LogP contribution in [-0.4, -0.2) is 28.6 Å². The number of esters is 1. The van der Waals surface area contributed by atoms with Gasteiger partial charge in [-0.25, -0.2) is 4.79 Å². The number of nitrogens with one attached hydrogen (secondary N) is 1. The number of carbonyl (C=O) groups excluding carboxylic acids is 2. The van der Waals surface area contributed by atoms with Gasteiger partial charge in [-0.2, -0.15) is 4.98 Å². The van der Waals surface area contributed by atoms with Crippen molar-refractivity contribution in [3.63, 3.8) is 0 Å². The van der Waals surface area contributed by atoms with Crippen molar-refractivity contribution in [3.05, 3.63) is 30.1 Å². The van der Waals surface area contributed by atoms with Crippen LogP contribution in [0.15, 0.2) is 28.8 Å². The van der Waals surface area contributed by atoms with E-state index in [1.165, 1.54) is 0 Å². The van der Waals surface area contributed by atoms with Crippen molar-refractivity contribution < 1.29 is 18.8 Å². The second kappa shape index (κ2) is 5.96. The number of hydrogen-bond donors (Lipinski definition) is 1. The van der Waals surface area contributed by atoms with E-state index in [-0.39, 0.29) is 6.61 Å². The normalized spacial score (nSPS) is 10.1. The van der Waals surface area contributed by atoms with E-state index in [0.717, 1.165) is 5.56 Å². The molecule has 1 heterocycles. The van der Waals surface area contributed by atoms with Crippen LogP contribution in [0.3, 0.4) is 0 Å². The van der Waals surface area contributed by atoms with Gasteiger partial charge in [-0.05, 0) is 38.1 Å². The summed E-state index contributed by atoms with van der Waals surface area (Å²) in [5.74, 6) is -0.789. The fourth-order valence-corrected chi connectivity index (χ4v) is 1.49. The number of nitrogens with zero attached hydrogens (tertiary/aromatic N) is 2. The minimum Gasteiger partial charge on any atom is -0.459 e. The van der Waals surface area contributed by atoms with Gasteiger partial charge < -0.3 is 14.6 Å². The second-order valence-corrected chi connectivity index (χ2v) is 3.90. The van der Waals surface area contributed by atoms with Gasteiger partial charge in [0.25, 0.3) is 5.89 Å². The van der Waals surface area contributed by atoms with E-state index in [0.29, 0.717) is 17.4 Å². The van der Waals surface area contributed by atoms with Crippen LogP contribution in [0.4, 0.5) is 5.69 Å². The van der Waals surface area contributed by atoms with Crippen LogP contribution in [0, 0.1) is 6.92 Å². The molecule has 1 N–H and O–H groups in total. The number of aromatic nitrogens is 2. The summed E-state index contributed by atoms with van der Waals surface area (Å²) in [5.41, 5.74) is 1.20. The molecule has 0 saturated heterocycles. The third-order valence-electron chi connectivity index (χ3n) is 2.38. The van der Waals surface area contributed by atoms with Crippen molar-refractivity contribution in [2.24, 2.45) is 0 Å². The highest BCUT2D eigenvalue weighted by Gasteiger charge is 2.14. The molecule has 0 radical (unpaired) electrons. The fraction of sp³-hybridized carbons (Fsp3) is 0.231. The zero-order valence-electron chi connectivity index (χ0n) is 11.0. The van der Waals surface area contributed by atoms with Gasteiger partial charge in [0.05, 0.1) is 6.61 Å². The molecule has 1 aromatic heterocycles. The molecule has 7 nitrogen and oxygen atoms in total. The van der Waals surface area contributed by atoms with Crippen LogP contribution < -0.4 is 5.32 Å². The van der Waals surface area contributed by atoms with Gasteiger partial charge in [-0.1, -0.05) is 5.16 Å². The average molecular weight is 275 g/mol. The number of hydrogen-bond acceptors (Lipinski definition) is 6. The average Bonchev–Trinajstić information content (AvgIpc) is 2.86. The minimum absolute atomic E-state index is 0.154. The van der Waals surface area contributed by atoms with Gasteiger partial charge in [-0.3, -0.25) is 4.79 Å². The Morgan fingerprint density at radius 1 is 1.30 bits per heavy atom. The van der Waals surface area contributed by atoms with Crippen LogP contribution in [0.1, 0.15) is 12.7 Å². The lowest BCUT2D eigenvalue weighted by Crippen LogP contribution is -2.24. The van der Waals surface area contributed by atoms with E-state index in [1.807, 2.05) is 0 Å². The van der Waals surface area contributed by atoms with Gasteiger partial charge in [0.1, 0.15) is 0 Å². The third-order valence-corrected chi connectivity index (χ3v) is 2.38. The largest absolute Gasteiger partial charge is 0.459 e. The van der Waals surface area contributed by atoms with Crippen LogP contribution in [0.25, 0.3) is 11.5 Å². The van der Waals surface area contributed by atoms with Gasteiger partial charge in [-0.15, -0.1) is 0 Å². The molecular formula is C13H13N3O4. The highest BCUT2D eigenvalue weighted by atomic mass is 16.5. The molecule has 7 heteroatoms. The molecule has 0 bridgehead atoms. The Bertz CT molecular complexity index is 619. The van der Waals surface area contributed by atoms with Crippen molar-refractivity contribution in [2.75, 3.05) is 11.9 Å². The monoisotopic (exact) mass is 275 g/mol. The van der Waals surface area contributed by atoms with E-state index in [9.17, 15) is 9.59 Å². The summed E-state index contributed by atoms with van der Waals surface area (Å²) in [6.07, 6.45) is 0. The Balaban J connectivity index is 2.05. The Labute approximate surface area is 114 Å². The molecule has 1 aromatic carbocycles. The number of rotatable bonds is 3. The van der Waals surface area contributed by atoms with Crippen molar-refractivity contribution in [1.29, 1.82) is 0 Å². The van der Waals surface area contributed by atoms with Crippen LogP contribution >= 0.6 is 0 Å². The quantitative estimate of drug-likeness (QED) is 0.674. The maximum absolute atomic E-state index is 11.4. The molecule has 0 atom stereocenters. The maximum Gasteiger partial charge on any atom is 0.397 e. The predicted octanol–water partition coefficient (Wildman–Crippen LogP) is 1.55. The minimum atomic E-state index is -0.913. The molecule has 104 valence electrons. The molecule has 2 rings (SSSR count). The Morgan fingerprint density at radius 3 is 2.55 bits per heavy atom. The third kappa shape index (κ3) is 3.19. The first-order valence-electron chi connectivity index (χ1n) is 5.99. The van der Waals surface area contributed by atoms with E-state index >= 15 is 0 Å². The lowest BCUT2D eigenvalue weighted by atomic mass is 10.2. The molecule has 0 spiro atoms. The highest BCUT2D eigenvalue weighted by molar-refractivity contribution is 6.37. The highest BCUT2D eigenvalue weighted by Crippen LogP contribution is 2.19. The predicted molar refractivity (Wildman–Crippen MR) is 69.7 cm³/mol. The number of aryl methyl sites for hydroxylation is 1. The first-order valence-corrected chi connectivity index (χ1v) is 5.99. The first kappa shape index (κ1) is 13.7. The van der Waals surface area contributed by atoms with Crippen LogP contribution in [-0.2, 0) is 14.3 Å². The van der Waals surface area contributed by atoms with Crippen molar-refractivity contribution in [3.8, 4) is 11.5 Å². The van der Waals surface area contributed by atoms with Crippen LogP contribution in [0.5, 0.6) is 0 Å². The summed E-state index contributed by atoms with van der Waals surface area (Å²) >= 11 is 0. The summed E-state index contributed by atoms with van der Waals surface area (Å²) in [4.78, 5) is 26.7. The van der Waals surface area contributed by atoms with Gasteiger partial charge >= 0.3 is 11.9 Å². The van der Waals surface area contributed by atoms with Gasteiger partial charge in [0, 0.05) is 11.3 Å². The molecule has 0 aliphatic carbocycles. The smallest absolute Gasteiger partial charge is 0.397 e. The van der Waals surface area contributed by atoms with Crippen molar-refractivity contribution in [1.82, 2.24) is 10.1 Å². The Kier molecular flexibility index (Phi) is 4.09. The first-order chi connectivity index (χ1) is 9.60. The second-order valence-electron chi connectivity index (χ2n) is 3.90. The molecule has 0 aliphatic heterocycles. The molecule has 0 saturated carbocycles. The lowest BCUT2D eigenvalue weighted by Gasteiger charge is -2.04. The number of ether oxygens (including phenoxy) is 1. The molecular weight excluding hydrogens is 262 g/mol. The van der Waals surface area contributed by atoms with Gasteiger partial charge in [0.15, 0.2) is 5.82 Å². The Hall–Kier alpha value is -2.70. The molecule has 1 amide bonds. The molecule has 2 aromatic rings. The summed E-state index contributed by atoms with van der Waals surface area (Å²) in [6, 6.07) is 6.67. The number of carbonyl (C=O) groups is 2. The van der Waals surface area contributed by atoms with E-state index < -0.39 is 11.9 Å². The summed E-state index contributed by atoms with van der Waals surface area (Å²) in [7, 11) is 0. The Morgan fingerprint density at radius 2 is 2.00 bits per heavy atom. The number of benzene rings is 1. The zero-order valence-corrected chi connectivity index (χ0v) is 11.0. The molecule has 0 fully saturated rings. The van der Waals surface area contributed by atoms with Crippen molar-refractivity contribution in [2.45, 2.75) is 13.8 Å². The van der Waals surface area contributed by atoms with Gasteiger partial charge in [0.2, 0.25) is 0 Å². The summed E-state index contributed by atoms with van der Waals surface area (Å²) in [6.45, 7) is 3.51. The number of amides is 1. The van der Waals surface area contributed by atoms with E-state index in [1.54, 1.807) is 38.1 Å². The zero-order chi connectivity index (χ0) is 14.5. The molecule has 0 aliphatic rings. The SMILES string of the molecule is CCOC(=O)C(=O)Nc1ccc(-c2nc(C)no2)cc1. The summed E-state index contributed by atoms with van der Waals surface area (Å²) in [5, 5.41) is 6.12. The fourth-order valence-electron chi connectivity index (χ4n) is 1.49. The number of anilines is 1. The molecule has 0 unspecified atom stereocenters. The van der Waals surface area contributed by atoms with Crippen LogP contribution in [0.2, 0.25) is 0 Å². The topological polar surface area (TPSA) is 94.3 Å². The maximum atomic E-state index is 11.4.